The van der Waals surface area contributed by atoms with Crippen molar-refractivity contribution in [3.8, 4) is 0 Å². The van der Waals surface area contributed by atoms with Crippen molar-refractivity contribution in [2.75, 3.05) is 34.3 Å². The number of carbonyl (C=O) groups excluding carboxylic acids is 2. The maximum atomic E-state index is 11.5. The highest BCUT2D eigenvalue weighted by Crippen LogP contribution is 2.33. The van der Waals surface area contributed by atoms with Crippen LogP contribution in [-0.4, -0.2) is 55.0 Å². The van der Waals surface area contributed by atoms with E-state index in [0.717, 1.165) is 0 Å². The highest BCUT2D eigenvalue weighted by molar-refractivity contribution is 7.65. The van der Waals surface area contributed by atoms with Gasteiger partial charge in [0, 0.05) is 6.42 Å². The maximum Gasteiger partial charge on any atom is 0.263 e. The molecule has 0 saturated carbocycles. The van der Waals surface area contributed by atoms with Crippen LogP contribution in [0.2, 0.25) is 0 Å². The van der Waals surface area contributed by atoms with E-state index in [-0.39, 0.29) is 30.9 Å². The third kappa shape index (κ3) is 8.16. The van der Waals surface area contributed by atoms with Crippen molar-refractivity contribution < 1.29 is 23.5 Å². The van der Waals surface area contributed by atoms with Crippen molar-refractivity contribution >= 4 is 19.7 Å². The Kier molecular flexibility index (Phi) is 6.72. The molecule has 1 N–H and O–H groups in total. The van der Waals surface area contributed by atoms with Gasteiger partial charge in [-0.2, -0.15) is 0 Å². The SMILES string of the molecule is C=C(C)C(=O)CCOP(O)C(=O)C[N+](C)(C)C. The highest BCUT2D eigenvalue weighted by Gasteiger charge is 2.24. The van der Waals surface area contributed by atoms with Crippen molar-refractivity contribution in [1.82, 2.24) is 0 Å². The first-order valence-electron chi connectivity index (χ1n) is 5.27. The second-order valence-electron chi connectivity index (χ2n) is 4.90. The Hall–Kier alpha value is -0.610. The smallest absolute Gasteiger partial charge is 0.263 e. The van der Waals surface area contributed by atoms with Crippen molar-refractivity contribution in [2.45, 2.75) is 13.3 Å². The molecular formula is C11H21NO4P+. The molecule has 0 aromatic carbocycles. The fourth-order valence-electron chi connectivity index (χ4n) is 0.976. The second-order valence-corrected chi connectivity index (χ2v) is 6.20. The molecule has 0 radical (unpaired) electrons. The topological polar surface area (TPSA) is 63.6 Å². The van der Waals surface area contributed by atoms with E-state index in [4.69, 9.17) is 4.52 Å². The fourth-order valence-corrected chi connectivity index (χ4v) is 1.93. The number of allylic oxidation sites excluding steroid dienone is 1. The summed E-state index contributed by atoms with van der Waals surface area (Å²) in [5.74, 6) is -0.118. The first-order valence-corrected chi connectivity index (χ1v) is 6.48. The average molecular weight is 262 g/mol. The maximum absolute atomic E-state index is 11.5. The standard InChI is InChI=1S/C11H21NO4P/c1-9(2)10(13)6-7-16-17(15)11(14)8-12(3,4)5/h15H,1,6-8H2,2-5H3/q+1. The Bertz CT molecular complexity index is 309. The van der Waals surface area contributed by atoms with Crippen LogP contribution in [0.3, 0.4) is 0 Å². The molecule has 0 aliphatic rings. The number of likely N-dealkylation sites (N-methyl/N-ethyl adjacent to an activating group) is 1. The van der Waals surface area contributed by atoms with Gasteiger partial charge in [0.25, 0.3) is 5.52 Å². The van der Waals surface area contributed by atoms with E-state index in [1.807, 2.05) is 21.1 Å². The van der Waals surface area contributed by atoms with Gasteiger partial charge >= 0.3 is 0 Å². The van der Waals surface area contributed by atoms with E-state index < -0.39 is 8.38 Å². The van der Waals surface area contributed by atoms with Crippen LogP contribution >= 0.6 is 8.38 Å². The lowest BCUT2D eigenvalue weighted by atomic mass is 10.2. The van der Waals surface area contributed by atoms with Crippen molar-refractivity contribution in [3.05, 3.63) is 12.2 Å². The van der Waals surface area contributed by atoms with Gasteiger partial charge in [0.05, 0.1) is 27.7 Å². The molecule has 0 aromatic heterocycles. The first-order chi connectivity index (χ1) is 7.63. The van der Waals surface area contributed by atoms with Crippen molar-refractivity contribution in [3.63, 3.8) is 0 Å². The summed E-state index contributed by atoms with van der Waals surface area (Å²) in [5.41, 5.74) is 0.129. The Morgan fingerprint density at radius 2 is 1.88 bits per heavy atom. The predicted octanol–water partition coefficient (Wildman–Crippen LogP) is 1.08. The van der Waals surface area contributed by atoms with E-state index >= 15 is 0 Å². The molecular weight excluding hydrogens is 241 g/mol. The summed E-state index contributed by atoms with van der Waals surface area (Å²) in [5, 5.41) is 0. The molecule has 5 nitrogen and oxygen atoms in total. The van der Waals surface area contributed by atoms with Gasteiger partial charge in [-0.05, 0) is 12.5 Å². The van der Waals surface area contributed by atoms with Crippen LogP contribution in [0.4, 0.5) is 0 Å². The van der Waals surface area contributed by atoms with Crippen LogP contribution in [0.1, 0.15) is 13.3 Å². The molecule has 0 saturated heterocycles. The van der Waals surface area contributed by atoms with Crippen molar-refractivity contribution in [1.29, 1.82) is 0 Å². The molecule has 0 rings (SSSR count). The summed E-state index contributed by atoms with van der Waals surface area (Å²) in [6.45, 7) is 5.38. The fraction of sp³-hybridized carbons (Fsp3) is 0.636. The van der Waals surface area contributed by atoms with Crippen LogP contribution in [-0.2, 0) is 14.1 Å². The molecule has 98 valence electrons. The molecule has 0 aromatic rings. The molecule has 0 fully saturated rings. The van der Waals surface area contributed by atoms with Gasteiger partial charge in [-0.1, -0.05) is 6.58 Å². The molecule has 17 heavy (non-hydrogen) atoms. The molecule has 0 heterocycles. The predicted molar refractivity (Wildman–Crippen MR) is 67.4 cm³/mol. The highest BCUT2D eigenvalue weighted by atomic mass is 31.2. The van der Waals surface area contributed by atoms with Gasteiger partial charge in [0.2, 0.25) is 8.38 Å². The molecule has 0 amide bonds. The monoisotopic (exact) mass is 262 g/mol. The van der Waals surface area contributed by atoms with Gasteiger partial charge in [0.1, 0.15) is 6.54 Å². The van der Waals surface area contributed by atoms with Gasteiger partial charge in [-0.15, -0.1) is 0 Å². The largest absolute Gasteiger partial charge is 0.344 e. The van der Waals surface area contributed by atoms with Crippen molar-refractivity contribution in [2.24, 2.45) is 0 Å². The Labute approximate surface area is 104 Å². The van der Waals surface area contributed by atoms with Gasteiger partial charge in [-0.25, -0.2) is 0 Å². The lowest BCUT2D eigenvalue weighted by molar-refractivity contribution is -0.861. The van der Waals surface area contributed by atoms with E-state index in [0.29, 0.717) is 10.1 Å². The zero-order valence-electron chi connectivity index (χ0n) is 10.9. The molecule has 1 atom stereocenters. The number of nitrogens with zero attached hydrogens (tertiary/aromatic N) is 1. The minimum Gasteiger partial charge on any atom is -0.344 e. The molecule has 0 bridgehead atoms. The van der Waals surface area contributed by atoms with E-state index in [1.165, 1.54) is 0 Å². The van der Waals surface area contributed by atoms with E-state index in [9.17, 15) is 14.5 Å². The molecule has 0 aliphatic heterocycles. The average Bonchev–Trinajstić information content (AvgIpc) is 2.14. The number of hydrogen-bond donors (Lipinski definition) is 1. The Morgan fingerprint density at radius 3 is 2.29 bits per heavy atom. The van der Waals surface area contributed by atoms with Gasteiger partial charge < -0.3 is 13.9 Å². The number of quaternary nitrogens is 1. The second kappa shape index (κ2) is 6.97. The first kappa shape index (κ1) is 16.4. The van der Waals surface area contributed by atoms with Gasteiger partial charge in [0.15, 0.2) is 5.78 Å². The van der Waals surface area contributed by atoms with Crippen LogP contribution in [0, 0.1) is 0 Å². The summed E-state index contributed by atoms with van der Waals surface area (Å²) in [7, 11) is 3.47. The third-order valence-electron chi connectivity index (χ3n) is 1.84. The number of hydrogen-bond acceptors (Lipinski definition) is 4. The third-order valence-corrected chi connectivity index (χ3v) is 2.84. The number of ketones is 1. The molecule has 0 aliphatic carbocycles. The molecule has 1 unspecified atom stereocenters. The zero-order valence-corrected chi connectivity index (χ0v) is 11.8. The van der Waals surface area contributed by atoms with E-state index in [1.54, 1.807) is 6.92 Å². The lowest BCUT2D eigenvalue weighted by Gasteiger charge is -2.23. The Morgan fingerprint density at radius 1 is 1.35 bits per heavy atom. The number of rotatable bonds is 8. The number of carbonyl (C=O) groups is 2. The summed E-state index contributed by atoms with van der Waals surface area (Å²) in [6, 6.07) is 0. The van der Waals surface area contributed by atoms with Gasteiger partial charge in [-0.3, -0.25) is 9.59 Å². The minimum absolute atomic E-state index is 0.0524. The van der Waals surface area contributed by atoms with Crippen LogP contribution in [0.15, 0.2) is 12.2 Å². The van der Waals surface area contributed by atoms with Crippen LogP contribution < -0.4 is 0 Å². The lowest BCUT2D eigenvalue weighted by Crippen LogP contribution is -2.39. The zero-order chi connectivity index (χ0) is 13.6. The summed E-state index contributed by atoms with van der Waals surface area (Å²) < 4.78 is 5.41. The van der Waals surface area contributed by atoms with Crippen LogP contribution in [0.25, 0.3) is 0 Å². The minimum atomic E-state index is -2.09. The van der Waals surface area contributed by atoms with Crippen LogP contribution in [0.5, 0.6) is 0 Å². The quantitative estimate of drug-likeness (QED) is 0.404. The normalized spacial score (nSPS) is 13.2. The molecule has 6 heteroatoms. The Balaban J connectivity index is 3.95. The molecule has 0 spiro atoms. The summed E-state index contributed by atoms with van der Waals surface area (Å²) >= 11 is 0. The summed E-state index contributed by atoms with van der Waals surface area (Å²) in [4.78, 5) is 32.2. The summed E-state index contributed by atoms with van der Waals surface area (Å²) in [6.07, 6.45) is 0.145. The van der Waals surface area contributed by atoms with E-state index in [2.05, 4.69) is 6.58 Å². The number of Topliss-reactive ketones (excluding diaryl/α,β-unsaturated/α-hetero) is 1.